The van der Waals surface area contributed by atoms with E-state index in [0.717, 1.165) is 0 Å². The van der Waals surface area contributed by atoms with E-state index in [1.54, 1.807) is 6.92 Å². The molecule has 24 N–H and O–H groups in total. The monoisotopic (exact) mass is 1620 g/mol. The van der Waals surface area contributed by atoms with Crippen LogP contribution < -0.4 is 31.9 Å². The van der Waals surface area contributed by atoms with Crippen molar-refractivity contribution in [3.05, 3.63) is 0 Å². The smallest absolute Gasteiger partial charge is 0.242 e. The van der Waals surface area contributed by atoms with Crippen molar-refractivity contribution in [2.75, 3.05) is 105 Å². The summed E-state index contributed by atoms with van der Waals surface area (Å²) in [5, 5.41) is 200. The number of rotatable bonds is 53. The molecule has 0 aliphatic carbocycles. The number of unbranched alkanes of at least 4 members (excludes halogenated alkanes) is 7. The summed E-state index contributed by atoms with van der Waals surface area (Å²) < 4.78 is 54.9. The molecule has 5 saturated heterocycles. The van der Waals surface area contributed by atoms with Gasteiger partial charge in [0.15, 0.2) is 31.5 Å². The van der Waals surface area contributed by atoms with Gasteiger partial charge in [-0.25, -0.2) is 0 Å². The van der Waals surface area contributed by atoms with Crippen LogP contribution in [0.25, 0.3) is 0 Å². The number of aliphatic hydroxyl groups excluding tert-OH is 18. The van der Waals surface area contributed by atoms with Gasteiger partial charge in [0, 0.05) is 71.2 Å². The number of aliphatic hydroxyl groups is 18. The zero-order valence-corrected chi connectivity index (χ0v) is 62.9. The number of Topliss-reactive ketones (excluding diaryl/α,β-unsaturated/α-hetero) is 2. The molecule has 26 atom stereocenters. The quantitative estimate of drug-likeness (QED) is 0.0252. The molecule has 5 fully saturated rings. The minimum absolute atomic E-state index is 0.0188. The molecule has 5 aliphatic heterocycles. The van der Waals surface area contributed by atoms with Crippen LogP contribution in [0.15, 0.2) is 0 Å². The van der Waals surface area contributed by atoms with E-state index < -0.39 is 248 Å². The Morgan fingerprint density at radius 1 is 0.339 bits per heavy atom. The number of hydrogen-bond donors (Lipinski definition) is 24. The fraction of sp³-hybridized carbons (Fsp3) is 0.884. The molecule has 0 bridgehead atoms. The third-order valence-electron chi connectivity index (χ3n) is 19.4. The van der Waals surface area contributed by atoms with Crippen molar-refractivity contribution in [1.82, 2.24) is 36.8 Å². The number of nitrogens with one attached hydrogen (secondary N) is 6. The lowest BCUT2D eigenvalue weighted by atomic mass is 9.96. The van der Waals surface area contributed by atoms with Crippen LogP contribution in [-0.4, -0.2) is 409 Å². The van der Waals surface area contributed by atoms with Crippen LogP contribution in [0.2, 0.25) is 0 Å². The SMILES string of the molecule is CCC(=O)CCCCCNC(=O)[C@H](CCCCCC(=O)CCCCC(=O)NCCO[C@H]1O[C@H](CO[C@H]2O[C@H](CO)[C@@H](O)[C@H](O)[C@@H]2O)[C@@H](O)[C@H](O[C@H]2O[C@H](CO)[C@@H](O)[C@H](O)[C@@H]2O)[C@@H]1O)NC(=O)CCCCCNC(=O)CN(CC(=O)NCCO[C@H]1O[C@H](CO)[C@@H](O)[C@H](O)[C@H]1O)CC(=O)NCCO[C@H]1O[C@H](CO)[C@@H](O)[C@H](O)[C@H]1O. The lowest BCUT2D eigenvalue weighted by molar-refractivity contribution is -0.366. The number of hydrogen-bond acceptors (Lipinski definition) is 37. The highest BCUT2D eigenvalue weighted by atomic mass is 16.8. The molecule has 6 amide bonds. The first-order valence-corrected chi connectivity index (χ1v) is 38.2. The molecule has 0 unspecified atom stereocenters. The average molecular weight is 1620 g/mol. The zero-order chi connectivity index (χ0) is 82.6. The second-order valence-electron chi connectivity index (χ2n) is 28.2. The number of ketones is 2. The second-order valence-corrected chi connectivity index (χ2v) is 28.2. The molecule has 0 saturated carbocycles. The fourth-order valence-corrected chi connectivity index (χ4v) is 12.7. The number of ether oxygens (including phenoxy) is 10. The van der Waals surface area contributed by atoms with Gasteiger partial charge in [0.05, 0.1) is 72.5 Å². The van der Waals surface area contributed by atoms with Crippen LogP contribution in [-0.2, 0) is 85.7 Å². The number of nitrogens with zero attached hydrogens (tertiary/aromatic N) is 1. The largest absolute Gasteiger partial charge is 0.394 e. The number of carbonyl (C=O) groups excluding carboxylic acids is 8. The summed E-state index contributed by atoms with van der Waals surface area (Å²) in [6.07, 6.45) is -34.6. The zero-order valence-electron chi connectivity index (χ0n) is 62.9. The highest BCUT2D eigenvalue weighted by molar-refractivity contribution is 5.87. The average Bonchev–Trinajstić information content (AvgIpc) is 0.789. The standard InChI is InChI=1S/C69H121N7O36/c1-2-36(81)14-7-4-13-21-74-64(102)38(75-45(84)19-9-5-12-20-70-46(85)28-76(29-47(86)72-23-26-103-65-58(97)54(93)49(88)39(31-77)107-65)30-48(87)73-24-27-104-66-59(98)55(94)50(89)40(32-78)108-66)17-8-3-6-15-37(82)16-10-11-18-44(83)71-22-25-105-68-62(101)63(112-69-61(100)57(96)52(91)42(34-80)110-69)53(92)43(111-68)35-106-67-60(99)56(95)51(90)41(33-79)109-67/h38-43,49-63,65-69,77-80,88-101H,2-35H2,1H3,(H,70,85)(H,71,83)(H,72,86)(H,73,87)(H,74,102)(H,75,84)/t38-,39+,40+,41+,42+,43+,49+,50+,51+,52+,53+,54-,55-,56-,57-,58+,59+,60-,61-,62-,63-,65-,66-,67-,68-,69+/m0/s1. The topological polar surface area (TPSA) is 668 Å². The first kappa shape index (κ1) is 97.6. The predicted octanol–water partition coefficient (Wildman–Crippen LogP) is -11.4. The normalized spacial score (nSPS) is 32.4. The molecular formula is C69H121N7O36. The van der Waals surface area contributed by atoms with Crippen LogP contribution in [0.3, 0.4) is 0 Å². The molecule has 0 spiro atoms. The van der Waals surface area contributed by atoms with E-state index in [-0.39, 0.29) is 89.7 Å². The van der Waals surface area contributed by atoms with Gasteiger partial charge in [-0.1, -0.05) is 32.6 Å². The summed E-state index contributed by atoms with van der Waals surface area (Å²) in [4.78, 5) is 105. The molecule has 5 rings (SSSR count). The molecule has 0 aromatic rings. The van der Waals surface area contributed by atoms with E-state index in [1.807, 2.05) is 0 Å². The molecule has 0 aromatic heterocycles. The summed E-state index contributed by atoms with van der Waals surface area (Å²) >= 11 is 0. The minimum atomic E-state index is -1.96. The van der Waals surface area contributed by atoms with Crippen LogP contribution in [0.4, 0.5) is 0 Å². The molecule has 112 heavy (non-hydrogen) atoms. The van der Waals surface area contributed by atoms with E-state index in [0.29, 0.717) is 90.0 Å². The van der Waals surface area contributed by atoms with E-state index in [9.17, 15) is 130 Å². The second kappa shape index (κ2) is 51.9. The Labute approximate surface area is 646 Å². The molecule has 0 radical (unpaired) electrons. The van der Waals surface area contributed by atoms with Crippen molar-refractivity contribution < 1.29 is 178 Å². The Hall–Kier alpha value is -5.00. The first-order valence-electron chi connectivity index (χ1n) is 38.2. The Balaban J connectivity index is 1.02. The van der Waals surface area contributed by atoms with Crippen LogP contribution in [0.1, 0.15) is 122 Å². The number of amides is 6. The molecule has 5 heterocycles. The van der Waals surface area contributed by atoms with Crippen LogP contribution >= 0.6 is 0 Å². The van der Waals surface area contributed by atoms with Crippen molar-refractivity contribution in [1.29, 1.82) is 0 Å². The summed E-state index contributed by atoms with van der Waals surface area (Å²) in [5.74, 6) is -3.07. The predicted molar refractivity (Wildman–Crippen MR) is 377 cm³/mol. The van der Waals surface area contributed by atoms with Crippen molar-refractivity contribution in [3.8, 4) is 0 Å². The third-order valence-corrected chi connectivity index (χ3v) is 19.4. The third kappa shape index (κ3) is 32.1. The van der Waals surface area contributed by atoms with Crippen molar-refractivity contribution >= 4 is 47.0 Å². The Morgan fingerprint density at radius 3 is 1.14 bits per heavy atom. The van der Waals surface area contributed by atoms with Gasteiger partial charge in [0.2, 0.25) is 35.4 Å². The maximum Gasteiger partial charge on any atom is 0.242 e. The lowest BCUT2D eigenvalue weighted by Gasteiger charge is -2.46. The van der Waals surface area contributed by atoms with Crippen LogP contribution in [0, 0.1) is 0 Å². The molecule has 0 aromatic carbocycles. The van der Waals surface area contributed by atoms with E-state index in [1.165, 1.54) is 4.90 Å². The molecule has 43 nitrogen and oxygen atoms in total. The molecule has 5 aliphatic rings. The van der Waals surface area contributed by atoms with Gasteiger partial charge in [0.25, 0.3) is 0 Å². The van der Waals surface area contributed by atoms with Crippen LogP contribution in [0.5, 0.6) is 0 Å². The Kier molecular flexibility index (Phi) is 45.3. The minimum Gasteiger partial charge on any atom is -0.394 e. The summed E-state index contributed by atoms with van der Waals surface area (Å²) in [6, 6.07) is -0.904. The van der Waals surface area contributed by atoms with Crippen molar-refractivity contribution in [3.63, 3.8) is 0 Å². The highest BCUT2D eigenvalue weighted by Crippen LogP contribution is 2.32. The summed E-state index contributed by atoms with van der Waals surface area (Å²) in [6.45, 7) is -4.34. The van der Waals surface area contributed by atoms with Gasteiger partial charge in [-0.15, -0.1) is 0 Å². The van der Waals surface area contributed by atoms with E-state index >= 15 is 0 Å². The maximum atomic E-state index is 13.5. The van der Waals surface area contributed by atoms with Crippen molar-refractivity contribution in [2.24, 2.45) is 0 Å². The lowest BCUT2D eigenvalue weighted by Crippen LogP contribution is -2.65. The fourth-order valence-electron chi connectivity index (χ4n) is 12.7. The molecular weight excluding hydrogens is 1500 g/mol. The highest BCUT2D eigenvalue weighted by Gasteiger charge is 2.53. The van der Waals surface area contributed by atoms with E-state index in [2.05, 4.69) is 31.9 Å². The van der Waals surface area contributed by atoms with Gasteiger partial charge in [-0.05, 0) is 51.4 Å². The maximum absolute atomic E-state index is 13.5. The Morgan fingerprint density at radius 2 is 0.688 bits per heavy atom. The first-order chi connectivity index (χ1) is 53.5. The van der Waals surface area contributed by atoms with Gasteiger partial charge >= 0.3 is 0 Å². The Bertz CT molecular complexity index is 2720. The molecule has 648 valence electrons. The summed E-state index contributed by atoms with van der Waals surface area (Å²) in [5.41, 5.74) is 0. The van der Waals surface area contributed by atoms with Gasteiger partial charge in [-0.2, -0.15) is 0 Å². The van der Waals surface area contributed by atoms with Gasteiger partial charge in [0.1, 0.15) is 140 Å². The van der Waals surface area contributed by atoms with Gasteiger partial charge < -0.3 is 171 Å². The number of carbonyl (C=O) groups is 8. The molecule has 43 heteroatoms. The van der Waals surface area contributed by atoms with E-state index in [4.69, 9.17) is 47.4 Å². The summed E-state index contributed by atoms with van der Waals surface area (Å²) in [7, 11) is 0. The van der Waals surface area contributed by atoms with Crippen molar-refractivity contribution in [2.45, 2.75) is 282 Å². The van der Waals surface area contributed by atoms with Gasteiger partial charge in [-0.3, -0.25) is 43.3 Å².